The fourth-order valence-corrected chi connectivity index (χ4v) is 1.92. The molecule has 0 saturated carbocycles. The summed E-state index contributed by atoms with van der Waals surface area (Å²) in [4.78, 5) is 0. The molecule has 2 heterocycles. The standard InChI is InChI=1S/C11H17N5OS/c1-11(2,3)16-7-8(6-13-16)5-12-9-14-15-10(17-4)18-9/h6-7H,5H2,1-4H3,(H,12,14). The van der Waals surface area contributed by atoms with Crippen molar-refractivity contribution in [3.63, 3.8) is 0 Å². The first-order valence-corrected chi connectivity index (χ1v) is 6.46. The van der Waals surface area contributed by atoms with Crippen molar-refractivity contribution in [2.75, 3.05) is 12.4 Å². The number of hydrogen-bond donors (Lipinski definition) is 1. The van der Waals surface area contributed by atoms with Gasteiger partial charge in [0.1, 0.15) is 0 Å². The first-order chi connectivity index (χ1) is 8.49. The van der Waals surface area contributed by atoms with Crippen LogP contribution < -0.4 is 10.1 Å². The van der Waals surface area contributed by atoms with Crippen molar-refractivity contribution in [3.05, 3.63) is 18.0 Å². The van der Waals surface area contributed by atoms with Gasteiger partial charge in [0.25, 0.3) is 5.19 Å². The van der Waals surface area contributed by atoms with Gasteiger partial charge in [-0.05, 0) is 32.1 Å². The van der Waals surface area contributed by atoms with Crippen molar-refractivity contribution in [1.29, 1.82) is 0 Å². The zero-order valence-corrected chi connectivity index (χ0v) is 11.8. The molecule has 0 amide bonds. The number of rotatable bonds is 4. The van der Waals surface area contributed by atoms with E-state index in [4.69, 9.17) is 4.74 Å². The third kappa shape index (κ3) is 2.98. The molecule has 0 aliphatic heterocycles. The van der Waals surface area contributed by atoms with Crippen LogP contribution in [-0.2, 0) is 12.1 Å². The highest BCUT2D eigenvalue weighted by atomic mass is 32.1. The average Bonchev–Trinajstić information content (AvgIpc) is 2.94. The van der Waals surface area contributed by atoms with Crippen molar-refractivity contribution < 1.29 is 4.74 Å². The lowest BCUT2D eigenvalue weighted by molar-refractivity contribution is 0.355. The molecule has 98 valence electrons. The van der Waals surface area contributed by atoms with E-state index in [1.54, 1.807) is 7.11 Å². The maximum atomic E-state index is 4.98. The van der Waals surface area contributed by atoms with Crippen molar-refractivity contribution in [2.24, 2.45) is 0 Å². The van der Waals surface area contributed by atoms with Crippen LogP contribution in [0, 0.1) is 0 Å². The van der Waals surface area contributed by atoms with Crippen LogP contribution in [0.1, 0.15) is 26.3 Å². The Morgan fingerprint density at radius 2 is 2.17 bits per heavy atom. The summed E-state index contributed by atoms with van der Waals surface area (Å²) < 4.78 is 6.93. The van der Waals surface area contributed by atoms with Crippen molar-refractivity contribution >= 4 is 16.5 Å². The summed E-state index contributed by atoms with van der Waals surface area (Å²) in [6, 6.07) is 0. The molecule has 2 rings (SSSR count). The molecule has 1 N–H and O–H groups in total. The summed E-state index contributed by atoms with van der Waals surface area (Å²) in [5, 5.41) is 16.7. The van der Waals surface area contributed by atoms with Gasteiger partial charge in [-0.3, -0.25) is 4.68 Å². The van der Waals surface area contributed by atoms with E-state index < -0.39 is 0 Å². The molecule has 0 bridgehead atoms. The zero-order chi connectivity index (χ0) is 13.2. The second kappa shape index (κ2) is 4.93. The largest absolute Gasteiger partial charge is 0.472 e. The van der Waals surface area contributed by atoms with Crippen LogP contribution in [0.4, 0.5) is 5.13 Å². The Balaban J connectivity index is 1.96. The van der Waals surface area contributed by atoms with E-state index >= 15 is 0 Å². The van der Waals surface area contributed by atoms with Gasteiger partial charge in [0.2, 0.25) is 5.13 Å². The van der Waals surface area contributed by atoms with Gasteiger partial charge in [0.05, 0.1) is 18.8 Å². The fourth-order valence-electron chi connectivity index (χ4n) is 1.36. The highest BCUT2D eigenvalue weighted by Gasteiger charge is 2.14. The summed E-state index contributed by atoms with van der Waals surface area (Å²) in [7, 11) is 1.58. The Labute approximate surface area is 110 Å². The molecule has 0 fully saturated rings. The second-order valence-electron chi connectivity index (χ2n) is 4.89. The molecule has 0 unspecified atom stereocenters. The molecule has 0 atom stereocenters. The minimum absolute atomic E-state index is 0.00417. The number of nitrogens with one attached hydrogen (secondary N) is 1. The second-order valence-corrected chi connectivity index (χ2v) is 5.83. The topological polar surface area (TPSA) is 64.9 Å². The molecule has 2 aromatic rings. The molecule has 0 aliphatic rings. The molecular weight excluding hydrogens is 250 g/mol. The maximum Gasteiger partial charge on any atom is 0.295 e. The molecular formula is C11H17N5OS. The summed E-state index contributed by atoms with van der Waals surface area (Å²) in [5.41, 5.74) is 1.11. The lowest BCUT2D eigenvalue weighted by atomic mass is 10.1. The summed E-state index contributed by atoms with van der Waals surface area (Å²) >= 11 is 1.38. The molecule has 0 saturated heterocycles. The van der Waals surface area contributed by atoms with Gasteiger partial charge in [0.15, 0.2) is 0 Å². The number of nitrogens with zero attached hydrogens (tertiary/aromatic N) is 4. The van der Waals surface area contributed by atoms with Gasteiger partial charge in [-0.2, -0.15) is 5.10 Å². The van der Waals surface area contributed by atoms with Crippen LogP contribution >= 0.6 is 11.3 Å². The Bertz CT molecular complexity index is 513. The highest BCUT2D eigenvalue weighted by Crippen LogP contribution is 2.22. The van der Waals surface area contributed by atoms with E-state index in [0.29, 0.717) is 11.7 Å². The molecule has 0 radical (unpaired) electrons. The van der Waals surface area contributed by atoms with Crippen LogP contribution in [0.3, 0.4) is 0 Å². The van der Waals surface area contributed by atoms with Crippen LogP contribution in [0.25, 0.3) is 0 Å². The molecule has 0 aliphatic carbocycles. The lowest BCUT2D eigenvalue weighted by Gasteiger charge is -2.18. The smallest absolute Gasteiger partial charge is 0.295 e. The van der Waals surface area contributed by atoms with E-state index in [2.05, 4.69) is 41.4 Å². The molecule has 2 aromatic heterocycles. The minimum Gasteiger partial charge on any atom is -0.472 e. The number of ether oxygens (including phenoxy) is 1. The highest BCUT2D eigenvalue weighted by molar-refractivity contribution is 7.16. The SMILES string of the molecule is COc1nnc(NCc2cnn(C(C)(C)C)c2)s1. The number of anilines is 1. The monoisotopic (exact) mass is 267 g/mol. The number of hydrogen-bond acceptors (Lipinski definition) is 6. The Kier molecular flexibility index (Phi) is 3.51. The van der Waals surface area contributed by atoms with Gasteiger partial charge in [-0.25, -0.2) is 0 Å². The van der Waals surface area contributed by atoms with Gasteiger partial charge < -0.3 is 10.1 Å². The van der Waals surface area contributed by atoms with E-state index in [9.17, 15) is 0 Å². The summed E-state index contributed by atoms with van der Waals surface area (Å²) in [6.45, 7) is 7.03. The summed E-state index contributed by atoms with van der Waals surface area (Å²) in [6.07, 6.45) is 3.89. The quantitative estimate of drug-likeness (QED) is 0.919. The van der Waals surface area contributed by atoms with E-state index in [1.165, 1.54) is 11.3 Å². The predicted molar refractivity (Wildman–Crippen MR) is 71.0 cm³/mol. The Morgan fingerprint density at radius 3 is 2.72 bits per heavy atom. The summed E-state index contributed by atoms with van der Waals surface area (Å²) in [5.74, 6) is 0. The van der Waals surface area contributed by atoms with Crippen LogP contribution in [0.15, 0.2) is 12.4 Å². The van der Waals surface area contributed by atoms with Crippen molar-refractivity contribution in [3.8, 4) is 5.19 Å². The van der Waals surface area contributed by atoms with E-state index in [1.807, 2.05) is 17.1 Å². The third-order valence-electron chi connectivity index (χ3n) is 2.35. The minimum atomic E-state index is 0.00417. The van der Waals surface area contributed by atoms with Crippen LogP contribution in [-0.4, -0.2) is 27.1 Å². The van der Waals surface area contributed by atoms with Crippen LogP contribution in [0.2, 0.25) is 0 Å². The number of aromatic nitrogens is 4. The van der Waals surface area contributed by atoms with Gasteiger partial charge >= 0.3 is 0 Å². The third-order valence-corrected chi connectivity index (χ3v) is 3.19. The van der Waals surface area contributed by atoms with Crippen molar-refractivity contribution in [2.45, 2.75) is 32.9 Å². The van der Waals surface area contributed by atoms with Crippen LogP contribution in [0.5, 0.6) is 5.19 Å². The normalized spacial score (nSPS) is 11.6. The zero-order valence-electron chi connectivity index (χ0n) is 11.0. The lowest BCUT2D eigenvalue weighted by Crippen LogP contribution is -2.21. The average molecular weight is 267 g/mol. The Morgan fingerprint density at radius 1 is 1.39 bits per heavy atom. The predicted octanol–water partition coefficient (Wildman–Crippen LogP) is 2.11. The van der Waals surface area contributed by atoms with Gasteiger partial charge in [-0.15, -0.1) is 5.10 Å². The van der Waals surface area contributed by atoms with Gasteiger partial charge in [-0.1, -0.05) is 5.10 Å². The Hall–Kier alpha value is -1.63. The number of methoxy groups -OCH3 is 1. The maximum absolute atomic E-state index is 4.98. The molecule has 18 heavy (non-hydrogen) atoms. The first kappa shape index (κ1) is 12.8. The molecule has 0 aromatic carbocycles. The van der Waals surface area contributed by atoms with E-state index in [0.717, 1.165) is 10.7 Å². The first-order valence-electron chi connectivity index (χ1n) is 5.64. The molecule has 6 nitrogen and oxygen atoms in total. The van der Waals surface area contributed by atoms with E-state index in [-0.39, 0.29) is 5.54 Å². The fraction of sp³-hybridized carbons (Fsp3) is 0.545. The molecule has 7 heteroatoms. The van der Waals surface area contributed by atoms with Gasteiger partial charge in [0, 0.05) is 18.3 Å². The molecule has 0 spiro atoms. The van der Waals surface area contributed by atoms with Crippen molar-refractivity contribution in [1.82, 2.24) is 20.0 Å².